The van der Waals surface area contributed by atoms with E-state index in [1.165, 1.54) is 23.0 Å². The highest BCUT2D eigenvalue weighted by atomic mass is 35.5. The number of rotatable bonds is 3. The third-order valence-electron chi connectivity index (χ3n) is 2.81. The summed E-state index contributed by atoms with van der Waals surface area (Å²) in [6.07, 6.45) is 1.48. The highest BCUT2D eigenvalue weighted by molar-refractivity contribution is 7.71. The van der Waals surface area contributed by atoms with Crippen molar-refractivity contribution in [1.82, 2.24) is 14.9 Å². The van der Waals surface area contributed by atoms with Gasteiger partial charge < -0.3 is 0 Å². The van der Waals surface area contributed by atoms with Gasteiger partial charge in [0, 0.05) is 17.0 Å². The number of aromatic amines is 1. The van der Waals surface area contributed by atoms with Crippen LogP contribution >= 0.6 is 23.8 Å². The van der Waals surface area contributed by atoms with Gasteiger partial charge in [0.15, 0.2) is 5.82 Å². The zero-order valence-electron chi connectivity index (χ0n) is 12.2. The molecule has 9 heteroatoms. The fraction of sp³-hybridized carbons (Fsp3) is 0.308. The van der Waals surface area contributed by atoms with Gasteiger partial charge in [-0.2, -0.15) is 14.9 Å². The molecule has 0 aliphatic heterocycles. The summed E-state index contributed by atoms with van der Waals surface area (Å²) in [7, 11) is 0. The van der Waals surface area contributed by atoms with Crippen molar-refractivity contribution in [2.45, 2.75) is 26.2 Å². The van der Waals surface area contributed by atoms with Gasteiger partial charge in [-0.05, 0) is 18.3 Å². The fourth-order valence-corrected chi connectivity index (χ4v) is 2.12. The van der Waals surface area contributed by atoms with E-state index in [9.17, 15) is 10.1 Å². The van der Waals surface area contributed by atoms with E-state index in [0.29, 0.717) is 16.2 Å². The minimum Gasteiger partial charge on any atom is -0.258 e. The third-order valence-corrected chi connectivity index (χ3v) is 3.39. The van der Waals surface area contributed by atoms with Crippen molar-refractivity contribution >= 4 is 35.7 Å². The summed E-state index contributed by atoms with van der Waals surface area (Å²) in [5.41, 5.74) is 0.119. The first kappa shape index (κ1) is 16.3. The number of hydrogen-bond acceptors (Lipinski definition) is 5. The molecule has 0 aliphatic rings. The average molecular weight is 340 g/mol. The Hall–Kier alpha value is -2.06. The first-order chi connectivity index (χ1) is 10.2. The third kappa shape index (κ3) is 3.40. The van der Waals surface area contributed by atoms with Gasteiger partial charge in [0.1, 0.15) is 5.02 Å². The lowest BCUT2D eigenvalue weighted by Gasteiger charge is -2.15. The molecular formula is C13H14ClN5O2S. The summed E-state index contributed by atoms with van der Waals surface area (Å²) >= 11 is 10.9. The standard InChI is InChI=1S/C13H14ClN5O2S/c1-13(2,3)11-16-17-12(22)18(11)15-7-8-4-5-9(14)10(6-8)19(20)21/h4-7H,1-3H3,(H,17,22)/b15-7-. The van der Waals surface area contributed by atoms with Gasteiger partial charge in [-0.15, -0.1) is 0 Å². The molecular weight excluding hydrogens is 326 g/mol. The van der Waals surface area contributed by atoms with Crippen LogP contribution in [0.25, 0.3) is 0 Å². The Morgan fingerprint density at radius 2 is 2.18 bits per heavy atom. The SMILES string of the molecule is CC(C)(C)c1n[nH]c(=S)n1/N=C\c1ccc(Cl)c([N+](=O)[O-])c1. The van der Waals surface area contributed by atoms with Crippen molar-refractivity contribution in [2.24, 2.45) is 5.10 Å². The number of nitrogens with one attached hydrogen (secondary N) is 1. The second-order valence-corrected chi connectivity index (χ2v) is 6.42. The topological polar surface area (TPSA) is 89.1 Å². The van der Waals surface area contributed by atoms with Crippen molar-refractivity contribution in [3.8, 4) is 0 Å². The van der Waals surface area contributed by atoms with E-state index < -0.39 is 4.92 Å². The molecule has 2 aromatic rings. The lowest BCUT2D eigenvalue weighted by atomic mass is 9.96. The molecule has 7 nitrogen and oxygen atoms in total. The molecule has 1 aromatic carbocycles. The van der Waals surface area contributed by atoms with Gasteiger partial charge in [0.05, 0.1) is 11.1 Å². The Bertz CT molecular complexity index is 803. The van der Waals surface area contributed by atoms with Gasteiger partial charge in [-0.1, -0.05) is 38.4 Å². The predicted molar refractivity (Wildman–Crippen MR) is 87.2 cm³/mol. The largest absolute Gasteiger partial charge is 0.288 e. The van der Waals surface area contributed by atoms with E-state index in [1.807, 2.05) is 20.8 Å². The maximum absolute atomic E-state index is 10.9. The molecule has 1 N–H and O–H groups in total. The summed E-state index contributed by atoms with van der Waals surface area (Å²) in [4.78, 5) is 10.3. The van der Waals surface area contributed by atoms with E-state index >= 15 is 0 Å². The molecule has 0 saturated heterocycles. The fourth-order valence-electron chi connectivity index (χ4n) is 1.76. The van der Waals surface area contributed by atoms with E-state index in [0.717, 1.165) is 0 Å². The van der Waals surface area contributed by atoms with Crippen molar-refractivity contribution < 1.29 is 4.92 Å². The zero-order chi connectivity index (χ0) is 16.5. The van der Waals surface area contributed by atoms with E-state index in [2.05, 4.69) is 15.3 Å². The zero-order valence-corrected chi connectivity index (χ0v) is 13.8. The summed E-state index contributed by atoms with van der Waals surface area (Å²) in [5.74, 6) is 0.664. The van der Waals surface area contributed by atoms with Gasteiger partial charge >= 0.3 is 0 Å². The Morgan fingerprint density at radius 3 is 2.77 bits per heavy atom. The smallest absolute Gasteiger partial charge is 0.258 e. The lowest BCUT2D eigenvalue weighted by molar-refractivity contribution is -0.384. The number of halogens is 1. The number of nitro benzene ring substituents is 1. The average Bonchev–Trinajstić information content (AvgIpc) is 2.78. The monoisotopic (exact) mass is 339 g/mol. The summed E-state index contributed by atoms with van der Waals surface area (Å²) in [6.45, 7) is 5.95. The second-order valence-electron chi connectivity index (χ2n) is 5.63. The highest BCUT2D eigenvalue weighted by Crippen LogP contribution is 2.24. The molecule has 0 bridgehead atoms. The van der Waals surface area contributed by atoms with Crippen molar-refractivity contribution in [1.29, 1.82) is 0 Å². The van der Waals surface area contributed by atoms with Gasteiger partial charge in [-0.3, -0.25) is 15.2 Å². The minimum atomic E-state index is -0.538. The molecule has 0 spiro atoms. The number of hydrogen-bond donors (Lipinski definition) is 1. The Morgan fingerprint density at radius 1 is 1.50 bits per heavy atom. The van der Waals surface area contributed by atoms with Gasteiger partial charge in [-0.25, -0.2) is 0 Å². The van der Waals surface area contributed by atoms with Crippen LogP contribution in [0.1, 0.15) is 32.2 Å². The molecule has 1 heterocycles. The molecule has 0 atom stereocenters. The highest BCUT2D eigenvalue weighted by Gasteiger charge is 2.21. The van der Waals surface area contributed by atoms with Crippen LogP contribution in [0.15, 0.2) is 23.3 Å². The van der Waals surface area contributed by atoms with Crippen molar-refractivity contribution in [3.05, 3.63) is 49.5 Å². The molecule has 0 unspecified atom stereocenters. The van der Waals surface area contributed by atoms with Crippen molar-refractivity contribution in [3.63, 3.8) is 0 Å². The van der Waals surface area contributed by atoms with E-state index in [4.69, 9.17) is 23.8 Å². The van der Waals surface area contributed by atoms with Crippen LogP contribution in [-0.2, 0) is 5.41 Å². The molecule has 0 aliphatic carbocycles. The number of nitrogens with zero attached hydrogens (tertiary/aromatic N) is 4. The van der Waals surface area contributed by atoms with Crippen LogP contribution in [0.5, 0.6) is 0 Å². The van der Waals surface area contributed by atoms with Crippen LogP contribution in [0, 0.1) is 14.9 Å². The Balaban J connectivity index is 2.42. The molecule has 1 aromatic heterocycles. The summed E-state index contributed by atoms with van der Waals surface area (Å²) in [6, 6.07) is 4.45. The molecule has 0 amide bonds. The van der Waals surface area contributed by atoms with Gasteiger partial charge in [0.2, 0.25) is 4.77 Å². The molecule has 0 saturated carbocycles. The number of aromatic nitrogens is 3. The van der Waals surface area contributed by atoms with Crippen LogP contribution < -0.4 is 0 Å². The van der Waals surface area contributed by atoms with Gasteiger partial charge in [0.25, 0.3) is 5.69 Å². The normalized spacial score (nSPS) is 12.0. The summed E-state index contributed by atoms with van der Waals surface area (Å²) in [5, 5.41) is 22.1. The molecule has 2 rings (SSSR count). The predicted octanol–water partition coefficient (Wildman–Crippen LogP) is 3.68. The maximum atomic E-state index is 10.9. The number of benzene rings is 1. The minimum absolute atomic E-state index is 0.0810. The van der Waals surface area contributed by atoms with Crippen LogP contribution in [-0.4, -0.2) is 26.0 Å². The molecule has 0 fully saturated rings. The quantitative estimate of drug-likeness (QED) is 0.400. The van der Waals surface area contributed by atoms with Crippen LogP contribution in [0.3, 0.4) is 0 Å². The lowest BCUT2D eigenvalue weighted by Crippen LogP contribution is -2.17. The molecule has 0 radical (unpaired) electrons. The van der Waals surface area contributed by atoms with E-state index in [1.54, 1.807) is 6.07 Å². The van der Waals surface area contributed by atoms with Crippen molar-refractivity contribution in [2.75, 3.05) is 0 Å². The van der Waals surface area contributed by atoms with E-state index in [-0.39, 0.29) is 16.1 Å². The van der Waals surface area contributed by atoms with Crippen LogP contribution in [0.2, 0.25) is 5.02 Å². The number of nitro groups is 1. The van der Waals surface area contributed by atoms with Crippen LogP contribution in [0.4, 0.5) is 5.69 Å². The maximum Gasteiger partial charge on any atom is 0.288 e. The molecule has 116 valence electrons. The first-order valence-corrected chi connectivity index (χ1v) is 7.15. The second kappa shape index (κ2) is 5.98. The molecule has 22 heavy (non-hydrogen) atoms. The Labute approximate surface area is 136 Å². The summed E-state index contributed by atoms with van der Waals surface area (Å²) < 4.78 is 1.85. The first-order valence-electron chi connectivity index (χ1n) is 6.36. The Kier molecular flexibility index (Phi) is 4.43. The number of H-pyrrole nitrogens is 1.